The van der Waals surface area contributed by atoms with Crippen molar-refractivity contribution >= 4 is 18.6 Å². The number of imidazole rings is 1. The Bertz CT molecular complexity index is 339. The van der Waals surface area contributed by atoms with Gasteiger partial charge in [0, 0.05) is 0 Å². The van der Waals surface area contributed by atoms with Gasteiger partial charge in [0.25, 0.3) is 0 Å². The lowest BCUT2D eigenvalue weighted by atomic mass is 10.6. The first-order valence-electron chi connectivity index (χ1n) is 3.53. The molecule has 0 aliphatic carbocycles. The maximum atomic E-state index is 4.67. The van der Waals surface area contributed by atoms with Crippen molar-refractivity contribution in [2.24, 2.45) is 9.98 Å². The van der Waals surface area contributed by atoms with Crippen LogP contribution in [0.3, 0.4) is 0 Å². The van der Waals surface area contributed by atoms with Crippen LogP contribution in [0.2, 0.25) is 0 Å². The average molecular weight is 164 g/mol. The van der Waals surface area contributed by atoms with Gasteiger partial charge in [-0.3, -0.25) is 9.56 Å². The molecule has 0 radical (unpaired) electrons. The largest absolute Gasteiger partial charge is 0.486 e. The van der Waals surface area contributed by atoms with E-state index in [1.54, 1.807) is 19.6 Å². The van der Waals surface area contributed by atoms with Crippen LogP contribution in [0.1, 0.15) is 5.82 Å². The molecule has 0 amide bonds. The Balaban J connectivity index is 2.25. The fourth-order valence-electron chi connectivity index (χ4n) is 1.01. The molecule has 1 aliphatic rings. The summed E-state index contributed by atoms with van der Waals surface area (Å²) in [5.74, 6) is 1.57. The third-order valence-corrected chi connectivity index (χ3v) is 1.53. The predicted octanol–water partition coefficient (Wildman–Crippen LogP) is 0.579. The van der Waals surface area contributed by atoms with E-state index < -0.39 is 0 Å². The van der Waals surface area contributed by atoms with Crippen molar-refractivity contribution in [2.75, 3.05) is 7.11 Å². The molecule has 5 heteroatoms. The quantitative estimate of drug-likeness (QED) is 0.474. The van der Waals surface area contributed by atoms with Gasteiger partial charge < -0.3 is 4.74 Å². The van der Waals surface area contributed by atoms with Crippen LogP contribution in [0.5, 0.6) is 0 Å². The molecule has 1 aromatic rings. The van der Waals surface area contributed by atoms with Crippen molar-refractivity contribution < 1.29 is 4.74 Å². The number of aliphatic imine (C=N–C) groups is 2. The van der Waals surface area contributed by atoms with Gasteiger partial charge in [0.2, 0.25) is 0 Å². The van der Waals surface area contributed by atoms with Gasteiger partial charge in [-0.2, -0.15) is 4.99 Å². The molecule has 0 spiro atoms. The van der Waals surface area contributed by atoms with Crippen molar-refractivity contribution in [1.82, 2.24) is 9.55 Å². The molecule has 12 heavy (non-hydrogen) atoms. The van der Waals surface area contributed by atoms with E-state index in [1.807, 2.05) is 4.57 Å². The summed E-state index contributed by atoms with van der Waals surface area (Å²) in [5, 5.41) is 0. The van der Waals surface area contributed by atoms with Gasteiger partial charge in [0.1, 0.15) is 5.82 Å². The fraction of sp³-hybridized carbons (Fsp3) is 0.286. The Kier molecular flexibility index (Phi) is 1.62. The van der Waals surface area contributed by atoms with Crippen LogP contribution in [0.15, 0.2) is 16.2 Å². The third-order valence-electron chi connectivity index (χ3n) is 1.53. The molecule has 2 heterocycles. The maximum absolute atomic E-state index is 4.67. The average Bonchev–Trinajstić information content (AvgIpc) is 2.58. The Morgan fingerprint density at radius 3 is 3.42 bits per heavy atom. The zero-order valence-electron chi connectivity index (χ0n) is 6.64. The number of ether oxygens (including phenoxy) is 1. The summed E-state index contributed by atoms with van der Waals surface area (Å²) < 4.78 is 6.52. The molecule has 5 nitrogen and oxygen atoms in total. The monoisotopic (exact) mass is 164 g/mol. The van der Waals surface area contributed by atoms with Crippen molar-refractivity contribution in [1.29, 1.82) is 0 Å². The Morgan fingerprint density at radius 2 is 2.67 bits per heavy atom. The van der Waals surface area contributed by atoms with Crippen molar-refractivity contribution in [3.05, 3.63) is 12.0 Å². The van der Waals surface area contributed by atoms with E-state index in [1.165, 1.54) is 6.40 Å². The van der Waals surface area contributed by atoms with Gasteiger partial charge in [0.05, 0.1) is 26.2 Å². The molecule has 0 unspecified atom stereocenters. The summed E-state index contributed by atoms with van der Waals surface area (Å²) in [4.78, 5) is 12.2. The van der Waals surface area contributed by atoms with Crippen LogP contribution in [0, 0.1) is 0 Å². The molecule has 1 aliphatic heterocycles. The number of nitrogens with zero attached hydrogens (tertiary/aromatic N) is 4. The third kappa shape index (κ3) is 1.09. The summed E-state index contributed by atoms with van der Waals surface area (Å²) >= 11 is 0. The highest BCUT2D eigenvalue weighted by atomic mass is 16.5. The van der Waals surface area contributed by atoms with E-state index in [9.17, 15) is 0 Å². The lowest BCUT2D eigenvalue weighted by molar-refractivity contribution is 0.423. The van der Waals surface area contributed by atoms with E-state index in [-0.39, 0.29) is 0 Å². The first kappa shape index (κ1) is 7.02. The number of methoxy groups -OCH3 is 1. The summed E-state index contributed by atoms with van der Waals surface area (Å²) in [6.07, 6.45) is 4.89. The topological polar surface area (TPSA) is 51.8 Å². The smallest absolute Gasteiger partial charge is 0.175 e. The fourth-order valence-corrected chi connectivity index (χ4v) is 1.01. The summed E-state index contributed by atoms with van der Waals surface area (Å²) in [6.45, 7) is 0.641. The summed E-state index contributed by atoms with van der Waals surface area (Å²) in [7, 11) is 1.55. The molecule has 0 atom stereocenters. The van der Waals surface area contributed by atoms with E-state index in [4.69, 9.17) is 0 Å². The molecule has 2 rings (SSSR count). The number of fused-ring (bicyclic) bond motifs is 1. The molecule has 0 aromatic carbocycles. The zero-order valence-corrected chi connectivity index (χ0v) is 6.64. The van der Waals surface area contributed by atoms with E-state index in [0.717, 1.165) is 5.82 Å². The SMILES string of the molecule is CO/C=N/c1cn2c(n1)CN=C2. The predicted molar refractivity (Wildman–Crippen MR) is 45.0 cm³/mol. The van der Waals surface area contributed by atoms with Crippen LogP contribution in [0.4, 0.5) is 5.82 Å². The van der Waals surface area contributed by atoms with Crippen molar-refractivity contribution in [3.63, 3.8) is 0 Å². The molecular weight excluding hydrogens is 156 g/mol. The Hall–Kier alpha value is -1.65. The minimum absolute atomic E-state index is 0.641. The molecular formula is C7H8N4O. The van der Waals surface area contributed by atoms with Crippen LogP contribution >= 0.6 is 0 Å². The molecule has 0 fully saturated rings. The second-order valence-corrected chi connectivity index (χ2v) is 2.35. The number of aromatic nitrogens is 2. The van der Waals surface area contributed by atoms with Crippen LogP contribution < -0.4 is 0 Å². The van der Waals surface area contributed by atoms with Gasteiger partial charge in [0.15, 0.2) is 12.2 Å². The number of hydrogen-bond donors (Lipinski definition) is 0. The highest BCUT2D eigenvalue weighted by Crippen LogP contribution is 2.13. The first-order valence-corrected chi connectivity index (χ1v) is 3.53. The van der Waals surface area contributed by atoms with E-state index >= 15 is 0 Å². The van der Waals surface area contributed by atoms with Gasteiger partial charge >= 0.3 is 0 Å². The molecule has 0 bridgehead atoms. The highest BCUT2D eigenvalue weighted by Gasteiger charge is 2.08. The highest BCUT2D eigenvalue weighted by molar-refractivity contribution is 5.64. The lowest BCUT2D eigenvalue weighted by Crippen LogP contribution is -1.89. The molecule has 0 saturated carbocycles. The maximum Gasteiger partial charge on any atom is 0.175 e. The number of hydrogen-bond acceptors (Lipinski definition) is 4. The zero-order chi connectivity index (χ0) is 8.39. The van der Waals surface area contributed by atoms with Gasteiger partial charge in [-0.15, -0.1) is 0 Å². The van der Waals surface area contributed by atoms with Crippen LogP contribution in [-0.2, 0) is 11.3 Å². The van der Waals surface area contributed by atoms with E-state index in [2.05, 4.69) is 19.7 Å². The number of rotatable bonds is 2. The lowest BCUT2D eigenvalue weighted by Gasteiger charge is -1.83. The van der Waals surface area contributed by atoms with Crippen molar-refractivity contribution in [3.8, 4) is 0 Å². The normalized spacial score (nSPS) is 14.1. The molecule has 62 valence electrons. The summed E-state index contributed by atoms with van der Waals surface area (Å²) in [6, 6.07) is 0. The first-order chi connectivity index (χ1) is 5.90. The second-order valence-electron chi connectivity index (χ2n) is 2.35. The van der Waals surface area contributed by atoms with Gasteiger partial charge in [-0.05, 0) is 0 Å². The Morgan fingerprint density at radius 1 is 1.75 bits per heavy atom. The Labute approximate surface area is 69.4 Å². The van der Waals surface area contributed by atoms with Crippen LogP contribution in [0.25, 0.3) is 0 Å². The van der Waals surface area contributed by atoms with Gasteiger partial charge in [-0.25, -0.2) is 4.98 Å². The van der Waals surface area contributed by atoms with Crippen molar-refractivity contribution in [2.45, 2.75) is 6.54 Å². The molecule has 1 aromatic heterocycles. The minimum Gasteiger partial charge on any atom is -0.486 e. The van der Waals surface area contributed by atoms with Crippen LogP contribution in [-0.4, -0.2) is 29.4 Å². The molecule has 0 saturated heterocycles. The second kappa shape index (κ2) is 2.77. The van der Waals surface area contributed by atoms with Gasteiger partial charge in [-0.1, -0.05) is 0 Å². The minimum atomic E-state index is 0.641. The molecule has 0 N–H and O–H groups in total. The van der Waals surface area contributed by atoms with E-state index in [0.29, 0.717) is 12.4 Å². The summed E-state index contributed by atoms with van der Waals surface area (Å²) in [5.41, 5.74) is 0. The standard InChI is InChI=1S/C7H8N4O/c1-12-5-9-6-3-11-4-8-2-7(11)10-6/h3-5H,2H2,1H3/b9-5+.